The van der Waals surface area contributed by atoms with E-state index < -0.39 is 12.0 Å². The molecule has 0 spiro atoms. The lowest BCUT2D eigenvalue weighted by Crippen LogP contribution is -2.10. The Morgan fingerprint density at radius 1 is 1.33 bits per heavy atom. The van der Waals surface area contributed by atoms with Crippen molar-refractivity contribution < 1.29 is 9.50 Å². The normalized spacial score (nSPS) is 12.0. The van der Waals surface area contributed by atoms with Crippen molar-refractivity contribution in [2.75, 3.05) is 5.32 Å². The Bertz CT molecular complexity index is 837. The summed E-state index contributed by atoms with van der Waals surface area (Å²) in [4.78, 5) is 11.0. The highest BCUT2D eigenvalue weighted by molar-refractivity contribution is 5.74. The zero-order valence-corrected chi connectivity index (χ0v) is 10.8. The number of H-pyrrole nitrogens is 1. The van der Waals surface area contributed by atoms with Gasteiger partial charge in [-0.2, -0.15) is 0 Å². The number of nitrogens with zero attached hydrogens (tertiary/aromatic N) is 2. The fourth-order valence-electron chi connectivity index (χ4n) is 2.06. The molecule has 2 heterocycles. The first kappa shape index (κ1) is 13.1. The van der Waals surface area contributed by atoms with Crippen LogP contribution in [0.5, 0.6) is 0 Å². The van der Waals surface area contributed by atoms with Gasteiger partial charge in [-0.1, -0.05) is 5.92 Å². The lowest BCUT2D eigenvalue weighted by atomic mass is 10.1. The minimum absolute atomic E-state index is 0.133. The summed E-state index contributed by atoms with van der Waals surface area (Å²) < 4.78 is 13.3. The Hall–Kier alpha value is -2.91. The topological polar surface area (TPSA) is 73.8 Å². The van der Waals surface area contributed by atoms with Crippen molar-refractivity contribution in [1.29, 1.82) is 0 Å². The molecule has 0 aliphatic rings. The highest BCUT2D eigenvalue weighted by Gasteiger charge is 2.13. The number of halogens is 1. The smallest absolute Gasteiger partial charge is 0.177 e. The van der Waals surface area contributed by atoms with Crippen LogP contribution in [0.1, 0.15) is 17.4 Å². The quantitative estimate of drug-likeness (QED) is 0.508. The number of rotatable bonds is 3. The number of benzene rings is 1. The van der Waals surface area contributed by atoms with E-state index in [4.69, 9.17) is 6.42 Å². The van der Waals surface area contributed by atoms with Crippen molar-refractivity contribution in [3.8, 4) is 12.3 Å². The van der Waals surface area contributed by atoms with Gasteiger partial charge in [0.15, 0.2) is 11.9 Å². The van der Waals surface area contributed by atoms with E-state index in [-0.39, 0.29) is 5.56 Å². The van der Waals surface area contributed by atoms with Gasteiger partial charge in [0.1, 0.15) is 5.82 Å². The summed E-state index contributed by atoms with van der Waals surface area (Å²) in [6.07, 6.45) is 7.27. The lowest BCUT2D eigenvalue weighted by Gasteiger charge is -2.15. The highest BCUT2D eigenvalue weighted by Crippen LogP contribution is 2.23. The molecule has 1 atom stereocenters. The number of anilines is 1. The van der Waals surface area contributed by atoms with Gasteiger partial charge in [-0.25, -0.2) is 14.4 Å². The second-order valence-corrected chi connectivity index (χ2v) is 4.39. The summed E-state index contributed by atoms with van der Waals surface area (Å²) in [5.74, 6) is 1.78. The van der Waals surface area contributed by atoms with E-state index in [2.05, 4.69) is 26.2 Å². The maximum atomic E-state index is 13.3. The van der Waals surface area contributed by atoms with Gasteiger partial charge in [0.2, 0.25) is 0 Å². The van der Waals surface area contributed by atoms with Crippen molar-refractivity contribution in [2.24, 2.45) is 0 Å². The Labute approximate surface area is 119 Å². The summed E-state index contributed by atoms with van der Waals surface area (Å²) in [6, 6.07) is 5.89. The molecular weight excluding hydrogens is 271 g/mol. The van der Waals surface area contributed by atoms with Crippen LogP contribution in [0.3, 0.4) is 0 Å². The molecule has 0 amide bonds. The van der Waals surface area contributed by atoms with Crippen LogP contribution in [0.2, 0.25) is 0 Å². The zero-order valence-electron chi connectivity index (χ0n) is 10.8. The number of hydrogen-bond acceptors (Lipinski definition) is 4. The van der Waals surface area contributed by atoms with E-state index in [0.29, 0.717) is 22.4 Å². The highest BCUT2D eigenvalue weighted by atomic mass is 19.1. The van der Waals surface area contributed by atoms with Crippen LogP contribution in [0, 0.1) is 18.2 Å². The molecule has 1 aromatic carbocycles. The average Bonchev–Trinajstić information content (AvgIpc) is 2.97. The molecule has 0 saturated carbocycles. The molecule has 3 N–H and O–H groups in total. The Morgan fingerprint density at radius 3 is 3.00 bits per heavy atom. The summed E-state index contributed by atoms with van der Waals surface area (Å²) in [7, 11) is 0. The van der Waals surface area contributed by atoms with Crippen LogP contribution < -0.4 is 5.32 Å². The molecular formula is C15H11FN4O. The molecule has 3 rings (SSSR count). The minimum Gasteiger partial charge on any atom is -0.369 e. The largest absolute Gasteiger partial charge is 0.369 e. The second kappa shape index (κ2) is 5.23. The fourth-order valence-corrected chi connectivity index (χ4v) is 2.06. The van der Waals surface area contributed by atoms with E-state index >= 15 is 0 Å². The number of pyridine rings is 1. The second-order valence-electron chi connectivity index (χ2n) is 4.39. The van der Waals surface area contributed by atoms with Gasteiger partial charge in [0.05, 0.1) is 17.4 Å². The molecule has 0 saturated heterocycles. The number of hydrogen-bond donors (Lipinski definition) is 3. The monoisotopic (exact) mass is 282 g/mol. The van der Waals surface area contributed by atoms with Crippen molar-refractivity contribution >= 4 is 16.9 Å². The Kier molecular flexibility index (Phi) is 3.26. The molecule has 0 fully saturated rings. The molecule has 3 aromatic rings. The van der Waals surface area contributed by atoms with Crippen molar-refractivity contribution in [3.05, 3.63) is 53.7 Å². The average molecular weight is 282 g/mol. The van der Waals surface area contributed by atoms with Gasteiger partial charge in [-0.3, -0.25) is 0 Å². The molecule has 0 aliphatic heterocycles. The van der Waals surface area contributed by atoms with E-state index in [9.17, 15) is 9.50 Å². The van der Waals surface area contributed by atoms with E-state index in [1.165, 1.54) is 24.5 Å². The van der Waals surface area contributed by atoms with Crippen LogP contribution >= 0.6 is 0 Å². The Balaban J connectivity index is 1.91. The summed E-state index contributed by atoms with van der Waals surface area (Å²) in [5, 5.41) is 13.2. The van der Waals surface area contributed by atoms with E-state index in [1.54, 1.807) is 12.3 Å². The third-order valence-electron chi connectivity index (χ3n) is 3.08. The van der Waals surface area contributed by atoms with Crippen LogP contribution in [-0.2, 0) is 0 Å². The van der Waals surface area contributed by atoms with Crippen LogP contribution in [0.25, 0.3) is 11.2 Å². The number of imidazole rings is 1. The minimum atomic E-state index is -1.01. The SMILES string of the molecule is C#Cc1cc(NC(O)c2ccnc3nc[nH]c23)ccc1F. The molecule has 6 heteroatoms. The van der Waals surface area contributed by atoms with Crippen molar-refractivity contribution in [1.82, 2.24) is 15.0 Å². The molecule has 5 nitrogen and oxygen atoms in total. The van der Waals surface area contributed by atoms with Crippen LogP contribution in [0.4, 0.5) is 10.1 Å². The standard InChI is InChI=1S/C15H11FN4O/c1-2-9-7-10(3-4-12(9)16)20-15(21)11-5-6-17-14-13(11)18-8-19-14/h1,3-8,15,20-21H,(H,17,18,19). The fraction of sp³-hybridized carbons (Fsp3) is 0.0667. The number of aliphatic hydroxyl groups is 1. The molecule has 21 heavy (non-hydrogen) atoms. The Morgan fingerprint density at radius 2 is 2.19 bits per heavy atom. The number of terminal acetylenes is 1. The van der Waals surface area contributed by atoms with Gasteiger partial charge in [-0.05, 0) is 24.3 Å². The summed E-state index contributed by atoms with van der Waals surface area (Å²) >= 11 is 0. The molecule has 0 aliphatic carbocycles. The van der Waals surface area contributed by atoms with Crippen LogP contribution in [0.15, 0.2) is 36.8 Å². The summed E-state index contributed by atoms with van der Waals surface area (Å²) in [6.45, 7) is 0. The van der Waals surface area contributed by atoms with Crippen LogP contribution in [-0.4, -0.2) is 20.1 Å². The zero-order chi connectivity index (χ0) is 14.8. The first-order valence-corrected chi connectivity index (χ1v) is 6.18. The van der Waals surface area contributed by atoms with Gasteiger partial charge < -0.3 is 15.4 Å². The molecule has 0 radical (unpaired) electrons. The summed E-state index contributed by atoms with van der Waals surface area (Å²) in [5.41, 5.74) is 2.38. The van der Waals surface area contributed by atoms with Gasteiger partial charge >= 0.3 is 0 Å². The number of aromatic nitrogens is 3. The molecule has 104 valence electrons. The third kappa shape index (κ3) is 2.42. The molecule has 1 unspecified atom stereocenters. The number of nitrogens with one attached hydrogen (secondary N) is 2. The maximum absolute atomic E-state index is 13.3. The third-order valence-corrected chi connectivity index (χ3v) is 3.08. The number of aromatic amines is 1. The van der Waals surface area contributed by atoms with Gasteiger partial charge in [0, 0.05) is 17.4 Å². The van der Waals surface area contributed by atoms with E-state index in [1.807, 2.05) is 0 Å². The molecule has 2 aromatic heterocycles. The lowest BCUT2D eigenvalue weighted by molar-refractivity contribution is 0.209. The number of aliphatic hydroxyl groups excluding tert-OH is 1. The molecule has 0 bridgehead atoms. The number of fused-ring (bicyclic) bond motifs is 1. The first-order valence-electron chi connectivity index (χ1n) is 6.18. The van der Waals surface area contributed by atoms with Crippen molar-refractivity contribution in [3.63, 3.8) is 0 Å². The van der Waals surface area contributed by atoms with Crippen molar-refractivity contribution in [2.45, 2.75) is 6.23 Å². The van der Waals surface area contributed by atoms with Gasteiger partial charge in [0.25, 0.3) is 0 Å². The van der Waals surface area contributed by atoms with E-state index in [0.717, 1.165) is 0 Å². The predicted molar refractivity (Wildman–Crippen MR) is 76.8 cm³/mol. The first-order chi connectivity index (χ1) is 10.2. The maximum Gasteiger partial charge on any atom is 0.177 e. The predicted octanol–water partition coefficient (Wildman–Crippen LogP) is 2.18. The van der Waals surface area contributed by atoms with Gasteiger partial charge in [-0.15, -0.1) is 6.42 Å².